The molecule has 180 valence electrons. The Morgan fingerprint density at radius 2 is 1.79 bits per heavy atom. The molecule has 1 atom stereocenters. The van der Waals surface area contributed by atoms with Gasteiger partial charge in [-0.1, -0.05) is 30.3 Å². The summed E-state index contributed by atoms with van der Waals surface area (Å²) in [5.74, 6) is 0.935. The van der Waals surface area contributed by atoms with Crippen LogP contribution in [0.3, 0.4) is 0 Å². The van der Waals surface area contributed by atoms with E-state index in [0.717, 1.165) is 42.8 Å². The number of carbonyl (C=O) groups is 1. The minimum Gasteiger partial charge on any atom is -0.497 e. The molecule has 2 fully saturated rings. The molecular formula is C26H31N3O5. The van der Waals surface area contributed by atoms with Crippen molar-refractivity contribution in [3.63, 3.8) is 0 Å². The summed E-state index contributed by atoms with van der Waals surface area (Å²) < 4.78 is 22.8. The molecule has 1 amide bonds. The van der Waals surface area contributed by atoms with E-state index < -0.39 is 5.79 Å². The number of likely N-dealkylation sites (tertiary alicyclic amines) is 1. The third kappa shape index (κ3) is 4.53. The zero-order valence-electron chi connectivity index (χ0n) is 19.7. The van der Waals surface area contributed by atoms with Gasteiger partial charge in [0.05, 0.1) is 45.7 Å². The van der Waals surface area contributed by atoms with Crippen molar-refractivity contribution in [2.24, 2.45) is 5.10 Å². The number of ether oxygens (including phenoxy) is 4. The maximum absolute atomic E-state index is 13.6. The molecule has 8 nitrogen and oxygen atoms in total. The van der Waals surface area contributed by atoms with E-state index in [4.69, 9.17) is 24.0 Å². The first-order chi connectivity index (χ1) is 16.6. The number of carbonyl (C=O) groups excluding carboxylic acids is 1. The number of rotatable bonds is 6. The minimum absolute atomic E-state index is 0.0370. The summed E-state index contributed by atoms with van der Waals surface area (Å²) in [7, 11) is 3.28. The van der Waals surface area contributed by atoms with Gasteiger partial charge in [-0.3, -0.25) is 9.69 Å². The maximum Gasteiger partial charge on any atom is 0.257 e. The van der Waals surface area contributed by atoms with Crippen LogP contribution >= 0.6 is 0 Å². The monoisotopic (exact) mass is 465 g/mol. The van der Waals surface area contributed by atoms with Crippen molar-refractivity contribution in [2.45, 2.75) is 31.1 Å². The van der Waals surface area contributed by atoms with Crippen molar-refractivity contribution in [3.8, 4) is 11.5 Å². The van der Waals surface area contributed by atoms with Gasteiger partial charge in [0.1, 0.15) is 11.5 Å². The van der Waals surface area contributed by atoms with Crippen LogP contribution in [0.25, 0.3) is 0 Å². The molecule has 0 N–H and O–H groups in total. The topological polar surface area (TPSA) is 72.8 Å². The molecule has 3 aliphatic rings. The standard InChI is InChI=1S/C26H31N3O5/c1-31-20-8-9-24(32-2)21(16-20)23-17-22(19-6-4-3-5-7-19)27-29(23)25(30)18-28-12-10-26(11-13-28)33-14-15-34-26/h3-9,16,23H,10-15,17-18H2,1-2H3/t23-/m0/s1. The highest BCUT2D eigenvalue weighted by Crippen LogP contribution is 2.39. The molecular weight excluding hydrogens is 434 g/mol. The van der Waals surface area contributed by atoms with Crippen molar-refractivity contribution in [2.75, 3.05) is 47.1 Å². The van der Waals surface area contributed by atoms with Gasteiger partial charge in [-0.2, -0.15) is 5.10 Å². The normalized spacial score (nSPS) is 22.1. The van der Waals surface area contributed by atoms with Gasteiger partial charge in [0.2, 0.25) is 0 Å². The predicted molar refractivity (Wildman–Crippen MR) is 127 cm³/mol. The van der Waals surface area contributed by atoms with Crippen LogP contribution in [0.5, 0.6) is 11.5 Å². The van der Waals surface area contributed by atoms with E-state index in [0.29, 0.717) is 37.7 Å². The molecule has 2 aromatic rings. The minimum atomic E-state index is -0.456. The highest BCUT2D eigenvalue weighted by Gasteiger charge is 2.41. The van der Waals surface area contributed by atoms with Gasteiger partial charge >= 0.3 is 0 Å². The zero-order chi connectivity index (χ0) is 23.5. The van der Waals surface area contributed by atoms with Crippen molar-refractivity contribution < 1.29 is 23.7 Å². The van der Waals surface area contributed by atoms with Crippen LogP contribution in [0.4, 0.5) is 0 Å². The van der Waals surface area contributed by atoms with Gasteiger partial charge in [-0.25, -0.2) is 5.01 Å². The number of amides is 1. The Hall–Kier alpha value is -2.94. The lowest BCUT2D eigenvalue weighted by Gasteiger charge is -2.37. The first-order valence-corrected chi connectivity index (χ1v) is 11.8. The first-order valence-electron chi connectivity index (χ1n) is 11.8. The van der Waals surface area contributed by atoms with Crippen molar-refractivity contribution in [1.29, 1.82) is 0 Å². The third-order valence-electron chi connectivity index (χ3n) is 6.86. The number of methoxy groups -OCH3 is 2. The van der Waals surface area contributed by atoms with E-state index in [2.05, 4.69) is 4.90 Å². The molecule has 0 aliphatic carbocycles. The summed E-state index contributed by atoms with van der Waals surface area (Å²) >= 11 is 0. The van der Waals surface area contributed by atoms with E-state index in [1.807, 2.05) is 48.5 Å². The lowest BCUT2D eigenvalue weighted by molar-refractivity contribution is -0.186. The van der Waals surface area contributed by atoms with E-state index in [1.165, 1.54) is 0 Å². The van der Waals surface area contributed by atoms with Crippen LogP contribution in [0.15, 0.2) is 53.6 Å². The molecule has 0 radical (unpaired) electrons. The molecule has 2 aromatic carbocycles. The Labute approximate surface area is 200 Å². The smallest absolute Gasteiger partial charge is 0.257 e. The second-order valence-electron chi connectivity index (χ2n) is 8.86. The van der Waals surface area contributed by atoms with Crippen LogP contribution in [-0.4, -0.2) is 74.4 Å². The van der Waals surface area contributed by atoms with Gasteiger partial charge in [-0.15, -0.1) is 0 Å². The number of benzene rings is 2. The van der Waals surface area contributed by atoms with Crippen LogP contribution in [0.2, 0.25) is 0 Å². The van der Waals surface area contributed by atoms with Crippen molar-refractivity contribution >= 4 is 11.6 Å². The predicted octanol–water partition coefficient (Wildman–Crippen LogP) is 3.22. The highest BCUT2D eigenvalue weighted by molar-refractivity contribution is 6.03. The fraction of sp³-hybridized carbons (Fsp3) is 0.462. The second-order valence-corrected chi connectivity index (χ2v) is 8.86. The Balaban J connectivity index is 1.38. The van der Waals surface area contributed by atoms with Crippen molar-refractivity contribution in [1.82, 2.24) is 9.91 Å². The molecule has 0 bridgehead atoms. The molecule has 3 aliphatic heterocycles. The third-order valence-corrected chi connectivity index (χ3v) is 6.86. The molecule has 5 rings (SSSR count). The summed E-state index contributed by atoms with van der Waals surface area (Å²) in [5, 5.41) is 6.44. The molecule has 3 heterocycles. The van der Waals surface area contributed by atoms with Gasteiger partial charge in [0.15, 0.2) is 5.79 Å². The maximum atomic E-state index is 13.6. The van der Waals surface area contributed by atoms with E-state index in [9.17, 15) is 4.79 Å². The van der Waals surface area contributed by atoms with Gasteiger partial charge in [0, 0.05) is 37.9 Å². The number of hydrogen-bond acceptors (Lipinski definition) is 7. The molecule has 1 spiro atoms. The second kappa shape index (κ2) is 9.74. The van der Waals surface area contributed by atoms with E-state index >= 15 is 0 Å². The molecule has 0 saturated carbocycles. The van der Waals surface area contributed by atoms with Crippen LogP contribution in [0, 0.1) is 0 Å². The summed E-state index contributed by atoms with van der Waals surface area (Å²) in [6.07, 6.45) is 2.14. The Morgan fingerprint density at radius 3 is 2.47 bits per heavy atom. The number of hydrogen-bond donors (Lipinski definition) is 0. The SMILES string of the molecule is COc1ccc(OC)c([C@@H]2CC(c3ccccc3)=NN2C(=O)CN2CCC3(CC2)OCCO3)c1. The zero-order valence-corrected chi connectivity index (χ0v) is 19.7. The molecule has 34 heavy (non-hydrogen) atoms. The fourth-order valence-corrected chi connectivity index (χ4v) is 4.99. The van der Waals surface area contributed by atoms with Gasteiger partial charge in [0.25, 0.3) is 5.91 Å². The lowest BCUT2D eigenvalue weighted by Crippen LogP contribution is -2.48. The average molecular weight is 466 g/mol. The van der Waals surface area contributed by atoms with Crippen molar-refractivity contribution in [3.05, 3.63) is 59.7 Å². The highest BCUT2D eigenvalue weighted by atomic mass is 16.7. The molecule has 8 heteroatoms. The summed E-state index contributed by atoms with van der Waals surface area (Å²) in [4.78, 5) is 15.7. The number of piperidine rings is 1. The van der Waals surface area contributed by atoms with E-state index in [1.54, 1.807) is 19.2 Å². The largest absolute Gasteiger partial charge is 0.497 e. The number of nitrogens with zero attached hydrogens (tertiary/aromatic N) is 3. The summed E-state index contributed by atoms with van der Waals surface area (Å²) in [6, 6.07) is 15.4. The first kappa shape index (κ1) is 22.8. The fourth-order valence-electron chi connectivity index (χ4n) is 4.99. The quantitative estimate of drug-likeness (QED) is 0.652. The van der Waals surface area contributed by atoms with Crippen LogP contribution in [0.1, 0.15) is 36.4 Å². The molecule has 2 saturated heterocycles. The Kier molecular flexibility index (Phi) is 6.54. The molecule has 0 unspecified atom stereocenters. The number of hydrazone groups is 1. The van der Waals surface area contributed by atoms with Crippen LogP contribution < -0.4 is 9.47 Å². The molecule has 0 aromatic heterocycles. The van der Waals surface area contributed by atoms with Gasteiger partial charge < -0.3 is 18.9 Å². The van der Waals surface area contributed by atoms with E-state index in [-0.39, 0.29) is 11.9 Å². The summed E-state index contributed by atoms with van der Waals surface area (Å²) in [6.45, 7) is 3.09. The Morgan fingerprint density at radius 1 is 1.06 bits per heavy atom. The Bertz CT molecular complexity index is 1040. The van der Waals surface area contributed by atoms with Crippen LogP contribution in [-0.2, 0) is 14.3 Å². The lowest BCUT2D eigenvalue weighted by atomic mass is 9.97. The summed E-state index contributed by atoms with van der Waals surface area (Å²) in [5.41, 5.74) is 2.78. The average Bonchev–Trinajstić information content (AvgIpc) is 3.53. The van der Waals surface area contributed by atoms with Gasteiger partial charge in [-0.05, 0) is 23.8 Å².